The first-order valence-electron chi connectivity index (χ1n) is 9.89. The molecule has 0 spiro atoms. The zero-order valence-corrected chi connectivity index (χ0v) is 16.9. The van der Waals surface area contributed by atoms with Gasteiger partial charge in [-0.25, -0.2) is 0 Å². The van der Waals surface area contributed by atoms with Crippen LogP contribution in [0.15, 0.2) is 45.6 Å². The maximum atomic E-state index is 13.3. The van der Waals surface area contributed by atoms with Gasteiger partial charge < -0.3 is 44.5 Å². The molecule has 6 N–H and O–H groups in total. The Morgan fingerprint density at radius 1 is 0.938 bits per heavy atom. The summed E-state index contributed by atoms with van der Waals surface area (Å²) in [4.78, 5) is 13.3. The third kappa shape index (κ3) is 3.73. The molecule has 1 aliphatic rings. The number of benzene rings is 2. The Morgan fingerprint density at radius 2 is 1.62 bits per heavy atom. The standard InChI is InChI=1S/C22H22O10/c1-2-13-16(26)18(28)19(29)22(31-13)32-21-17(27)15-12(25)7-11(24)8-14(15)30-20(21)9-3-5-10(23)6-4-9/h3-8,13,16,18-19,22-26,28-29H,2H2,1H3/t13-,16-,18+,19+,22-/m0/s1. The monoisotopic (exact) mass is 446 g/mol. The van der Waals surface area contributed by atoms with Crippen LogP contribution in [0.2, 0.25) is 0 Å². The Balaban J connectivity index is 1.89. The van der Waals surface area contributed by atoms with Crippen molar-refractivity contribution < 1.29 is 44.5 Å². The normalized spacial score (nSPS) is 25.7. The van der Waals surface area contributed by atoms with E-state index in [0.29, 0.717) is 12.0 Å². The van der Waals surface area contributed by atoms with Gasteiger partial charge in [0, 0.05) is 17.7 Å². The minimum Gasteiger partial charge on any atom is -0.508 e. The van der Waals surface area contributed by atoms with Crippen LogP contribution in [0.3, 0.4) is 0 Å². The van der Waals surface area contributed by atoms with Gasteiger partial charge in [-0.05, 0) is 30.7 Å². The molecule has 1 fully saturated rings. The number of aromatic hydroxyl groups is 3. The van der Waals surface area contributed by atoms with Crippen LogP contribution in [0.5, 0.6) is 23.0 Å². The van der Waals surface area contributed by atoms with Crippen LogP contribution in [0.25, 0.3) is 22.3 Å². The van der Waals surface area contributed by atoms with Crippen LogP contribution in [0, 0.1) is 0 Å². The molecule has 3 aromatic rings. The summed E-state index contributed by atoms with van der Waals surface area (Å²) >= 11 is 0. The molecule has 4 rings (SSSR count). The average molecular weight is 446 g/mol. The van der Waals surface area contributed by atoms with Gasteiger partial charge in [-0.15, -0.1) is 0 Å². The molecular weight excluding hydrogens is 424 g/mol. The van der Waals surface area contributed by atoms with Crippen molar-refractivity contribution in [3.8, 4) is 34.3 Å². The molecular formula is C22H22O10. The minimum absolute atomic E-state index is 0.0384. The Morgan fingerprint density at radius 3 is 2.28 bits per heavy atom. The highest BCUT2D eigenvalue weighted by Crippen LogP contribution is 2.37. The fourth-order valence-electron chi connectivity index (χ4n) is 3.65. The Bertz CT molecular complexity index is 1180. The molecule has 2 aromatic carbocycles. The number of phenolic OH excluding ortho intramolecular Hbond substituents is 3. The van der Waals surface area contributed by atoms with E-state index in [0.717, 1.165) is 12.1 Å². The number of fused-ring (bicyclic) bond motifs is 1. The average Bonchev–Trinajstić information content (AvgIpc) is 2.75. The molecule has 0 amide bonds. The number of hydrogen-bond acceptors (Lipinski definition) is 10. The molecule has 10 heteroatoms. The van der Waals surface area contributed by atoms with E-state index in [9.17, 15) is 35.4 Å². The Kier molecular flexibility index (Phi) is 5.70. The second kappa shape index (κ2) is 8.32. The van der Waals surface area contributed by atoms with Gasteiger partial charge in [0.25, 0.3) is 0 Å². The number of ether oxygens (including phenoxy) is 2. The first-order valence-corrected chi connectivity index (χ1v) is 9.89. The van der Waals surface area contributed by atoms with Gasteiger partial charge in [-0.1, -0.05) is 6.92 Å². The van der Waals surface area contributed by atoms with Crippen LogP contribution in [0.4, 0.5) is 0 Å². The van der Waals surface area contributed by atoms with Crippen LogP contribution >= 0.6 is 0 Å². The maximum Gasteiger partial charge on any atom is 0.239 e. The zero-order chi connectivity index (χ0) is 23.2. The molecule has 10 nitrogen and oxygen atoms in total. The summed E-state index contributed by atoms with van der Waals surface area (Å²) in [5, 5.41) is 59.9. The molecule has 2 heterocycles. The van der Waals surface area contributed by atoms with Crippen LogP contribution in [-0.2, 0) is 4.74 Å². The largest absolute Gasteiger partial charge is 0.508 e. The number of aliphatic hydroxyl groups excluding tert-OH is 3. The molecule has 0 saturated carbocycles. The Labute approximate surface area is 181 Å². The fourth-order valence-corrected chi connectivity index (χ4v) is 3.65. The van der Waals surface area contributed by atoms with Gasteiger partial charge in [0.15, 0.2) is 5.76 Å². The third-order valence-electron chi connectivity index (χ3n) is 5.35. The predicted octanol–water partition coefficient (Wildman–Crippen LogP) is 1.17. The SMILES string of the molecule is CC[C@@H]1O[C@@H](Oc2c(-c3ccc(O)cc3)oc3cc(O)cc(O)c3c2=O)[C@H](O)[C@H](O)[C@H]1O. The van der Waals surface area contributed by atoms with Gasteiger partial charge in [0.05, 0.1) is 6.10 Å². The van der Waals surface area contributed by atoms with Gasteiger partial charge in [0.2, 0.25) is 17.5 Å². The van der Waals surface area contributed by atoms with Crippen molar-refractivity contribution in [3.63, 3.8) is 0 Å². The van der Waals surface area contributed by atoms with E-state index < -0.39 is 47.6 Å². The topological polar surface area (TPSA) is 170 Å². The van der Waals surface area contributed by atoms with E-state index in [1.54, 1.807) is 6.92 Å². The molecule has 1 aromatic heterocycles. The molecule has 32 heavy (non-hydrogen) atoms. The van der Waals surface area contributed by atoms with E-state index in [2.05, 4.69) is 0 Å². The van der Waals surface area contributed by atoms with E-state index in [1.165, 1.54) is 24.3 Å². The fraction of sp³-hybridized carbons (Fsp3) is 0.318. The smallest absolute Gasteiger partial charge is 0.239 e. The molecule has 1 aliphatic heterocycles. The highest BCUT2D eigenvalue weighted by molar-refractivity contribution is 5.88. The summed E-state index contributed by atoms with van der Waals surface area (Å²) in [7, 11) is 0. The van der Waals surface area contributed by atoms with Crippen molar-refractivity contribution in [3.05, 3.63) is 46.6 Å². The molecule has 0 aliphatic carbocycles. The molecule has 1 saturated heterocycles. The van der Waals surface area contributed by atoms with Crippen LogP contribution in [-0.4, -0.2) is 61.3 Å². The molecule has 170 valence electrons. The third-order valence-corrected chi connectivity index (χ3v) is 5.35. The lowest BCUT2D eigenvalue weighted by molar-refractivity contribution is -0.272. The summed E-state index contributed by atoms with van der Waals surface area (Å²) in [6.07, 6.45) is -6.74. The van der Waals surface area contributed by atoms with E-state index in [-0.39, 0.29) is 28.2 Å². The second-order valence-corrected chi connectivity index (χ2v) is 7.52. The van der Waals surface area contributed by atoms with Gasteiger partial charge in [0.1, 0.15) is 46.5 Å². The first-order chi connectivity index (χ1) is 15.2. The highest BCUT2D eigenvalue weighted by atomic mass is 16.7. The summed E-state index contributed by atoms with van der Waals surface area (Å²) in [6, 6.07) is 7.69. The van der Waals surface area contributed by atoms with Crippen molar-refractivity contribution in [2.24, 2.45) is 0 Å². The summed E-state index contributed by atoms with van der Waals surface area (Å²) in [5.74, 6) is -1.49. The lowest BCUT2D eigenvalue weighted by atomic mass is 9.97. The lowest BCUT2D eigenvalue weighted by Gasteiger charge is -2.39. The lowest BCUT2D eigenvalue weighted by Crippen LogP contribution is -2.59. The van der Waals surface area contributed by atoms with Crippen LogP contribution in [0.1, 0.15) is 13.3 Å². The molecule has 5 atom stereocenters. The molecule has 0 bridgehead atoms. The zero-order valence-electron chi connectivity index (χ0n) is 16.9. The van der Waals surface area contributed by atoms with Crippen LogP contribution < -0.4 is 10.2 Å². The van der Waals surface area contributed by atoms with Crippen molar-refractivity contribution in [2.75, 3.05) is 0 Å². The number of aliphatic hydroxyl groups is 3. The minimum atomic E-state index is -1.69. The van der Waals surface area contributed by atoms with Gasteiger partial charge in [-0.3, -0.25) is 4.79 Å². The van der Waals surface area contributed by atoms with Crippen molar-refractivity contribution in [2.45, 2.75) is 44.1 Å². The molecule has 0 radical (unpaired) electrons. The van der Waals surface area contributed by atoms with Gasteiger partial charge in [-0.2, -0.15) is 0 Å². The summed E-state index contributed by atoms with van der Waals surface area (Å²) < 4.78 is 17.0. The van der Waals surface area contributed by atoms with E-state index in [4.69, 9.17) is 13.9 Å². The van der Waals surface area contributed by atoms with Crippen molar-refractivity contribution >= 4 is 11.0 Å². The number of phenols is 3. The van der Waals surface area contributed by atoms with Crippen molar-refractivity contribution in [1.82, 2.24) is 0 Å². The summed E-state index contributed by atoms with van der Waals surface area (Å²) in [5.41, 5.74) is -0.649. The van der Waals surface area contributed by atoms with Crippen molar-refractivity contribution in [1.29, 1.82) is 0 Å². The second-order valence-electron chi connectivity index (χ2n) is 7.52. The Hall–Kier alpha value is -3.31. The van der Waals surface area contributed by atoms with Gasteiger partial charge >= 0.3 is 0 Å². The summed E-state index contributed by atoms with van der Waals surface area (Å²) in [6.45, 7) is 1.70. The highest BCUT2D eigenvalue weighted by Gasteiger charge is 2.45. The molecule has 0 unspecified atom stereocenters. The predicted molar refractivity (Wildman–Crippen MR) is 111 cm³/mol. The maximum absolute atomic E-state index is 13.3. The number of hydrogen-bond donors (Lipinski definition) is 6. The van der Waals surface area contributed by atoms with E-state index >= 15 is 0 Å². The van der Waals surface area contributed by atoms with E-state index in [1.807, 2.05) is 0 Å². The number of rotatable bonds is 4. The first kappa shape index (κ1) is 21.9. The quantitative estimate of drug-likeness (QED) is 0.342.